The van der Waals surface area contributed by atoms with Crippen LogP contribution in [-0.2, 0) is 0 Å². The van der Waals surface area contributed by atoms with Crippen LogP contribution in [0.2, 0.25) is 0 Å². The van der Waals surface area contributed by atoms with Gasteiger partial charge in [0.1, 0.15) is 0 Å². The highest BCUT2D eigenvalue weighted by atomic mass is 32.2. The molecule has 8 fully saturated rings. The first-order valence-electron chi connectivity index (χ1n) is 20.6. The molecule has 0 radical (unpaired) electrons. The van der Waals surface area contributed by atoms with Gasteiger partial charge in [0.15, 0.2) is 0 Å². The average molecular weight is 682 g/mol. The van der Waals surface area contributed by atoms with E-state index in [9.17, 15) is 0 Å². The van der Waals surface area contributed by atoms with Crippen LogP contribution < -0.4 is 9.80 Å². The van der Waals surface area contributed by atoms with Gasteiger partial charge < -0.3 is 9.80 Å². The highest BCUT2D eigenvalue weighted by Crippen LogP contribution is 2.70. The summed E-state index contributed by atoms with van der Waals surface area (Å²) in [4.78, 5) is 9.57. The lowest BCUT2D eigenvalue weighted by molar-refractivity contribution is -0.00338. The number of anilines is 2. The minimum Gasteiger partial charge on any atom is -0.365 e. The molecule has 0 amide bonds. The molecule has 2 aromatic rings. The van der Waals surface area contributed by atoms with Crippen LogP contribution >= 0.6 is 19.7 Å². The largest absolute Gasteiger partial charge is 0.365 e. The Morgan fingerprint density at radius 2 is 1.15 bits per heavy atom. The molecule has 5 heteroatoms. The van der Waals surface area contributed by atoms with Gasteiger partial charge in [-0.1, -0.05) is 76.9 Å². The number of para-hydroxylation sites is 2. The van der Waals surface area contributed by atoms with E-state index in [-0.39, 0.29) is 7.92 Å². The van der Waals surface area contributed by atoms with E-state index in [2.05, 4.69) is 94.0 Å². The third-order valence-electron chi connectivity index (χ3n) is 15.0. The van der Waals surface area contributed by atoms with Crippen LogP contribution in [0.5, 0.6) is 0 Å². The minimum atomic E-state index is 0.00666. The number of hydrogen-bond donors (Lipinski definition) is 0. The van der Waals surface area contributed by atoms with Crippen molar-refractivity contribution >= 4 is 31.1 Å². The molecule has 0 aromatic heterocycles. The summed E-state index contributed by atoms with van der Waals surface area (Å²) in [6, 6.07) is 29.1. The van der Waals surface area contributed by atoms with Gasteiger partial charge in [-0.3, -0.25) is 4.90 Å². The maximum absolute atomic E-state index is 3.41. The van der Waals surface area contributed by atoms with Crippen LogP contribution in [-0.4, -0.2) is 74.7 Å². The molecule has 3 heterocycles. The smallest absolute Gasteiger partial charge is 0.0378 e. The van der Waals surface area contributed by atoms with Crippen molar-refractivity contribution in [2.45, 2.75) is 186 Å². The number of rotatable bonds is 2. The standard InChI is InChI=1S/C43H60N3PS/c1-29-24-39-43-40(25-29)46-33-17-11-19-36(27-33)48-35-18-10-16-32(26-35)44(30-12-4-2-5-13-30)34-22-23-42(38(46)28-34)47(43)41-21-9-8-20-37(41)45(39)31-14-6-3-7-15-31/h2-7,12-15,29,32-43H,8-11,16-28H2,1H3. The molecule has 5 saturated carbocycles. The molecular weight excluding hydrogens is 622 g/mol. The first-order valence-corrected chi connectivity index (χ1v) is 23.1. The SMILES string of the molecule is CC1CC2C3C(C1)N1C4CCCC(C4)SC4CCCC(C4)N(c4ccccc4)C4CCC(C1C4)P3C1CCCCC1N2c1ccccc1. The Morgan fingerprint density at radius 1 is 0.521 bits per heavy atom. The van der Waals surface area contributed by atoms with E-state index in [1.54, 1.807) is 5.69 Å². The Bertz CT molecular complexity index is 1410. The summed E-state index contributed by atoms with van der Waals surface area (Å²) >= 11 is 2.47. The molecule has 2 aromatic carbocycles. The Hall–Kier alpha value is -1.22. The maximum Gasteiger partial charge on any atom is 0.0378 e. The van der Waals surface area contributed by atoms with Crippen LogP contribution in [0.25, 0.3) is 0 Å². The molecule has 8 aliphatic rings. The van der Waals surface area contributed by atoms with Crippen molar-refractivity contribution in [1.29, 1.82) is 0 Å². The fourth-order valence-electron chi connectivity index (χ4n) is 13.5. The summed E-state index contributed by atoms with van der Waals surface area (Å²) in [5, 5.41) is 1.74. The molecular formula is C43H60N3PS. The summed E-state index contributed by atoms with van der Waals surface area (Å²) in [5.74, 6) is 0.825. The van der Waals surface area contributed by atoms with Crippen molar-refractivity contribution in [3.8, 4) is 0 Å². The van der Waals surface area contributed by atoms with Crippen LogP contribution in [0.1, 0.15) is 116 Å². The molecule has 258 valence electrons. The highest BCUT2D eigenvalue weighted by Gasteiger charge is 2.63. The van der Waals surface area contributed by atoms with E-state index in [1.807, 2.05) is 0 Å². The third kappa shape index (κ3) is 5.34. The van der Waals surface area contributed by atoms with Crippen molar-refractivity contribution in [3.63, 3.8) is 0 Å². The Kier molecular flexibility index (Phi) is 8.59. The van der Waals surface area contributed by atoms with Gasteiger partial charge in [-0.15, -0.1) is 0 Å². The van der Waals surface area contributed by atoms with E-state index in [0.29, 0.717) is 6.04 Å². The van der Waals surface area contributed by atoms with E-state index in [1.165, 1.54) is 115 Å². The number of fused-ring (bicyclic) bond motifs is 10. The lowest BCUT2D eigenvalue weighted by Gasteiger charge is -2.70. The van der Waals surface area contributed by atoms with Crippen LogP contribution in [0, 0.1) is 5.92 Å². The fourth-order valence-corrected chi connectivity index (χ4v) is 20.4. The predicted molar refractivity (Wildman–Crippen MR) is 207 cm³/mol. The maximum atomic E-state index is 3.41. The van der Waals surface area contributed by atoms with E-state index in [4.69, 9.17) is 0 Å². The average Bonchev–Trinajstić information content (AvgIpc) is 3.12. The van der Waals surface area contributed by atoms with Gasteiger partial charge in [-0.25, -0.2) is 0 Å². The zero-order valence-electron chi connectivity index (χ0n) is 29.5. The zero-order valence-corrected chi connectivity index (χ0v) is 31.2. The molecule has 0 N–H and O–H groups in total. The topological polar surface area (TPSA) is 9.72 Å². The van der Waals surface area contributed by atoms with Crippen molar-refractivity contribution in [1.82, 2.24) is 4.90 Å². The lowest BCUT2D eigenvalue weighted by atomic mass is 9.75. The number of hydrogen-bond acceptors (Lipinski definition) is 4. The van der Waals surface area contributed by atoms with E-state index in [0.717, 1.165) is 69.6 Å². The number of benzene rings is 2. The molecule has 48 heavy (non-hydrogen) atoms. The summed E-state index contributed by atoms with van der Waals surface area (Å²) in [5.41, 5.74) is 5.93. The van der Waals surface area contributed by atoms with Gasteiger partial charge in [0.2, 0.25) is 0 Å². The second-order valence-electron chi connectivity index (χ2n) is 17.6. The minimum absolute atomic E-state index is 0.00666. The van der Waals surface area contributed by atoms with Crippen LogP contribution in [0.3, 0.4) is 0 Å². The molecule has 14 unspecified atom stereocenters. The Morgan fingerprint density at radius 3 is 1.92 bits per heavy atom. The monoisotopic (exact) mass is 681 g/mol. The van der Waals surface area contributed by atoms with E-state index >= 15 is 0 Å². The van der Waals surface area contributed by atoms with Gasteiger partial charge in [-0.2, -0.15) is 11.8 Å². The van der Waals surface area contributed by atoms with Gasteiger partial charge in [0.25, 0.3) is 0 Å². The van der Waals surface area contributed by atoms with Gasteiger partial charge in [-0.05, 0) is 119 Å². The summed E-state index contributed by atoms with van der Waals surface area (Å²) in [6.45, 7) is 2.65. The highest BCUT2D eigenvalue weighted by molar-refractivity contribution is 8.00. The Balaban J connectivity index is 1.10. The molecule has 10 rings (SSSR count). The van der Waals surface area contributed by atoms with Crippen molar-refractivity contribution < 1.29 is 0 Å². The summed E-state index contributed by atoms with van der Waals surface area (Å²) < 4.78 is 0. The summed E-state index contributed by atoms with van der Waals surface area (Å²) in [7, 11) is 0.00666. The molecule has 5 aliphatic carbocycles. The molecule has 0 spiro atoms. The van der Waals surface area contributed by atoms with Crippen LogP contribution in [0.15, 0.2) is 60.7 Å². The number of nitrogens with zero attached hydrogens (tertiary/aromatic N) is 3. The first-order chi connectivity index (χ1) is 23.7. The van der Waals surface area contributed by atoms with Gasteiger partial charge >= 0.3 is 0 Å². The van der Waals surface area contributed by atoms with Gasteiger partial charge in [0, 0.05) is 75.5 Å². The molecule has 3 saturated heterocycles. The van der Waals surface area contributed by atoms with Crippen molar-refractivity contribution in [3.05, 3.63) is 60.7 Å². The van der Waals surface area contributed by atoms with Crippen molar-refractivity contribution in [2.75, 3.05) is 9.80 Å². The third-order valence-corrected chi connectivity index (χ3v) is 20.8. The van der Waals surface area contributed by atoms with Crippen molar-refractivity contribution in [2.24, 2.45) is 5.92 Å². The summed E-state index contributed by atoms with van der Waals surface area (Å²) in [6.07, 6.45) is 24.8. The van der Waals surface area contributed by atoms with Gasteiger partial charge in [0.05, 0.1) is 0 Å². The fraction of sp³-hybridized carbons (Fsp3) is 0.721. The van der Waals surface area contributed by atoms with Crippen LogP contribution in [0.4, 0.5) is 11.4 Å². The zero-order chi connectivity index (χ0) is 31.8. The Labute approximate surface area is 297 Å². The predicted octanol–water partition coefficient (Wildman–Crippen LogP) is 10.3. The lowest BCUT2D eigenvalue weighted by Crippen LogP contribution is -2.74. The second-order valence-corrected chi connectivity index (χ2v) is 22.0. The quantitative estimate of drug-likeness (QED) is 0.292. The normalized spacial score (nSPS) is 45.6. The molecule has 3 aliphatic heterocycles. The van der Waals surface area contributed by atoms with E-state index < -0.39 is 0 Å². The molecule has 14 atom stereocenters. The number of thioether (sulfide) groups is 1. The first kappa shape index (κ1) is 31.5. The molecule has 6 bridgehead atoms. The second kappa shape index (κ2) is 13.1. The molecule has 3 nitrogen and oxygen atoms in total.